The van der Waals surface area contributed by atoms with Gasteiger partial charge in [0.15, 0.2) is 11.5 Å². The highest BCUT2D eigenvalue weighted by Crippen LogP contribution is 2.21. The van der Waals surface area contributed by atoms with E-state index in [1.165, 1.54) is 6.42 Å². The number of likely N-dealkylation sites (tertiary alicyclic amines) is 1. The van der Waals surface area contributed by atoms with E-state index in [9.17, 15) is 4.79 Å². The molecular formula is C23H30N8O3. The molecule has 0 N–H and O–H groups in total. The lowest BCUT2D eigenvalue weighted by molar-refractivity contribution is 0.0718. The molecular weight excluding hydrogens is 436 g/mol. The summed E-state index contributed by atoms with van der Waals surface area (Å²) >= 11 is 0. The molecule has 0 aliphatic carbocycles. The first kappa shape index (κ1) is 22.3. The van der Waals surface area contributed by atoms with Crippen LogP contribution in [0, 0.1) is 0 Å². The average Bonchev–Trinajstić information content (AvgIpc) is 3.54. The number of carbonyl (C=O) groups is 1. The topological polar surface area (TPSA) is 103 Å². The number of piperidine rings is 1. The Labute approximate surface area is 198 Å². The third kappa shape index (κ3) is 5.19. The SMILES string of the molecule is Cn1cc(CCOc2nc(N3CCOCC3)cc(-n3ccc(C(=O)N4CCCCC4)n3)n2)cn1. The second kappa shape index (κ2) is 10.2. The summed E-state index contributed by atoms with van der Waals surface area (Å²) in [6.45, 7) is 4.77. The number of hydrogen-bond donors (Lipinski definition) is 0. The van der Waals surface area contributed by atoms with Crippen molar-refractivity contribution < 1.29 is 14.3 Å². The Bertz CT molecular complexity index is 1120. The van der Waals surface area contributed by atoms with Gasteiger partial charge in [-0.15, -0.1) is 0 Å². The maximum Gasteiger partial charge on any atom is 0.320 e. The van der Waals surface area contributed by atoms with Crippen LogP contribution >= 0.6 is 0 Å². The van der Waals surface area contributed by atoms with Crippen molar-refractivity contribution in [1.29, 1.82) is 0 Å². The van der Waals surface area contributed by atoms with Crippen molar-refractivity contribution in [3.8, 4) is 11.8 Å². The summed E-state index contributed by atoms with van der Waals surface area (Å²) < 4.78 is 14.8. The minimum atomic E-state index is -0.0335. The Morgan fingerprint density at radius 1 is 1.09 bits per heavy atom. The third-order valence-electron chi connectivity index (χ3n) is 6.08. The fourth-order valence-corrected chi connectivity index (χ4v) is 4.22. The quantitative estimate of drug-likeness (QED) is 0.516. The first-order chi connectivity index (χ1) is 16.7. The molecule has 34 heavy (non-hydrogen) atoms. The Hall–Kier alpha value is -3.47. The molecule has 0 radical (unpaired) electrons. The number of ether oxygens (including phenoxy) is 2. The predicted molar refractivity (Wildman–Crippen MR) is 124 cm³/mol. The Balaban J connectivity index is 1.36. The zero-order valence-electron chi connectivity index (χ0n) is 19.5. The number of anilines is 1. The Morgan fingerprint density at radius 3 is 2.65 bits per heavy atom. The highest BCUT2D eigenvalue weighted by atomic mass is 16.5. The molecule has 2 fully saturated rings. The number of morpholine rings is 1. The van der Waals surface area contributed by atoms with Crippen LogP contribution in [0.3, 0.4) is 0 Å². The van der Waals surface area contributed by atoms with Crippen LogP contribution in [-0.4, -0.2) is 86.3 Å². The van der Waals surface area contributed by atoms with E-state index in [1.54, 1.807) is 21.6 Å². The zero-order chi connectivity index (χ0) is 23.3. The van der Waals surface area contributed by atoms with Gasteiger partial charge in [0, 0.05) is 58.1 Å². The average molecular weight is 467 g/mol. The van der Waals surface area contributed by atoms with Crippen molar-refractivity contribution >= 4 is 11.7 Å². The summed E-state index contributed by atoms with van der Waals surface area (Å²) in [5.74, 6) is 1.28. The van der Waals surface area contributed by atoms with Crippen molar-refractivity contribution in [1.82, 2.24) is 34.4 Å². The van der Waals surface area contributed by atoms with Gasteiger partial charge in [-0.25, -0.2) is 4.68 Å². The molecule has 0 unspecified atom stereocenters. The van der Waals surface area contributed by atoms with Gasteiger partial charge < -0.3 is 19.3 Å². The number of aryl methyl sites for hydroxylation is 1. The van der Waals surface area contributed by atoms with E-state index in [4.69, 9.17) is 9.47 Å². The summed E-state index contributed by atoms with van der Waals surface area (Å²) in [7, 11) is 1.89. The lowest BCUT2D eigenvalue weighted by atomic mass is 10.1. The maximum absolute atomic E-state index is 12.9. The van der Waals surface area contributed by atoms with Gasteiger partial charge in [-0.1, -0.05) is 0 Å². The van der Waals surface area contributed by atoms with Gasteiger partial charge in [0.2, 0.25) is 0 Å². The monoisotopic (exact) mass is 466 g/mol. The van der Waals surface area contributed by atoms with Crippen molar-refractivity contribution in [3.05, 3.63) is 42.0 Å². The first-order valence-electron chi connectivity index (χ1n) is 11.8. The minimum Gasteiger partial charge on any atom is -0.463 e. The van der Waals surface area contributed by atoms with E-state index < -0.39 is 0 Å². The predicted octanol–water partition coefficient (Wildman–Crippen LogP) is 1.48. The van der Waals surface area contributed by atoms with Crippen LogP contribution in [0.5, 0.6) is 6.01 Å². The van der Waals surface area contributed by atoms with Gasteiger partial charge in [-0.2, -0.15) is 20.2 Å². The molecule has 180 valence electrons. The molecule has 1 amide bonds. The van der Waals surface area contributed by atoms with Crippen molar-refractivity contribution in [3.63, 3.8) is 0 Å². The highest BCUT2D eigenvalue weighted by Gasteiger charge is 2.22. The molecule has 0 atom stereocenters. The number of rotatable bonds is 7. The normalized spacial score (nSPS) is 16.6. The summed E-state index contributed by atoms with van der Waals surface area (Å²) in [5, 5.41) is 8.73. The minimum absolute atomic E-state index is 0.0335. The Kier molecular flexibility index (Phi) is 6.70. The second-order valence-electron chi connectivity index (χ2n) is 8.59. The molecule has 0 aromatic carbocycles. The standard InChI is InChI=1S/C23H30N8O3/c1-28-17-18(16-24-28)6-12-34-23-25-20(29-10-13-33-14-11-29)15-21(26-23)31-9-5-19(27-31)22(32)30-7-3-2-4-8-30/h5,9,15-17H,2-4,6-8,10-14H2,1H3. The van der Waals surface area contributed by atoms with Gasteiger partial charge >= 0.3 is 6.01 Å². The molecule has 5 heterocycles. The van der Waals surface area contributed by atoms with Crippen molar-refractivity contribution in [2.75, 3.05) is 50.9 Å². The van der Waals surface area contributed by atoms with Gasteiger partial charge in [-0.3, -0.25) is 9.48 Å². The molecule has 3 aromatic heterocycles. The lowest BCUT2D eigenvalue weighted by Gasteiger charge is -2.28. The number of aromatic nitrogens is 6. The summed E-state index contributed by atoms with van der Waals surface area (Å²) in [6.07, 6.45) is 9.51. The summed E-state index contributed by atoms with van der Waals surface area (Å²) in [4.78, 5) is 26.1. The lowest BCUT2D eigenvalue weighted by Crippen LogP contribution is -2.37. The largest absolute Gasteiger partial charge is 0.463 e. The van der Waals surface area contributed by atoms with E-state index in [2.05, 4.69) is 25.1 Å². The van der Waals surface area contributed by atoms with Crippen LogP contribution in [0.4, 0.5) is 5.82 Å². The summed E-state index contributed by atoms with van der Waals surface area (Å²) in [6, 6.07) is 3.90. The van der Waals surface area contributed by atoms with Gasteiger partial charge in [0.25, 0.3) is 5.91 Å². The van der Waals surface area contributed by atoms with Crippen molar-refractivity contribution in [2.45, 2.75) is 25.7 Å². The van der Waals surface area contributed by atoms with Crippen LogP contribution in [0.2, 0.25) is 0 Å². The number of amides is 1. The van der Waals surface area contributed by atoms with E-state index >= 15 is 0 Å². The number of hydrogen-bond acceptors (Lipinski definition) is 8. The fraction of sp³-hybridized carbons (Fsp3) is 0.522. The van der Waals surface area contributed by atoms with E-state index in [0.717, 1.165) is 50.4 Å². The van der Waals surface area contributed by atoms with Crippen LogP contribution in [0.15, 0.2) is 30.7 Å². The molecule has 2 aliphatic rings. The van der Waals surface area contributed by atoms with Crippen LogP contribution < -0.4 is 9.64 Å². The van der Waals surface area contributed by atoms with E-state index in [1.807, 2.05) is 30.4 Å². The molecule has 3 aromatic rings. The molecule has 5 rings (SSSR count). The molecule has 2 aliphatic heterocycles. The van der Waals surface area contributed by atoms with Gasteiger partial charge in [0.1, 0.15) is 5.82 Å². The third-order valence-corrected chi connectivity index (χ3v) is 6.08. The highest BCUT2D eigenvalue weighted by molar-refractivity contribution is 5.92. The first-order valence-corrected chi connectivity index (χ1v) is 11.8. The van der Waals surface area contributed by atoms with Crippen LogP contribution in [0.1, 0.15) is 35.3 Å². The van der Waals surface area contributed by atoms with E-state index in [0.29, 0.717) is 37.8 Å². The zero-order valence-corrected chi connectivity index (χ0v) is 19.5. The van der Waals surface area contributed by atoms with E-state index in [-0.39, 0.29) is 11.9 Å². The molecule has 11 nitrogen and oxygen atoms in total. The van der Waals surface area contributed by atoms with Crippen molar-refractivity contribution in [2.24, 2.45) is 7.05 Å². The molecule has 2 saturated heterocycles. The Morgan fingerprint density at radius 2 is 1.88 bits per heavy atom. The smallest absolute Gasteiger partial charge is 0.320 e. The molecule has 11 heteroatoms. The number of nitrogens with zero attached hydrogens (tertiary/aromatic N) is 8. The van der Waals surface area contributed by atoms with Crippen LogP contribution in [0.25, 0.3) is 5.82 Å². The molecule has 0 bridgehead atoms. The molecule has 0 spiro atoms. The molecule has 0 saturated carbocycles. The van der Waals surface area contributed by atoms with Gasteiger partial charge in [-0.05, 0) is 30.9 Å². The van der Waals surface area contributed by atoms with Crippen LogP contribution in [-0.2, 0) is 18.2 Å². The second-order valence-corrected chi connectivity index (χ2v) is 8.59. The summed E-state index contributed by atoms with van der Waals surface area (Å²) in [5.41, 5.74) is 1.51. The maximum atomic E-state index is 12.9. The van der Waals surface area contributed by atoms with Gasteiger partial charge in [0.05, 0.1) is 26.0 Å². The number of carbonyl (C=O) groups excluding carboxylic acids is 1. The fourth-order valence-electron chi connectivity index (χ4n) is 4.22.